The van der Waals surface area contributed by atoms with Gasteiger partial charge in [0.25, 0.3) is 0 Å². The maximum absolute atomic E-state index is 15.3. The fourth-order valence-electron chi connectivity index (χ4n) is 3.85. The molecule has 2 atom stereocenters. The second-order valence-electron chi connectivity index (χ2n) is 7.87. The van der Waals surface area contributed by atoms with Crippen LogP contribution in [0.4, 0.5) is 13.6 Å². The van der Waals surface area contributed by atoms with E-state index in [2.05, 4.69) is 16.2 Å². The molecule has 184 valence electrons. The number of benzene rings is 2. The highest BCUT2D eigenvalue weighted by molar-refractivity contribution is 7.10. The van der Waals surface area contributed by atoms with Gasteiger partial charge in [0.05, 0.1) is 36.4 Å². The van der Waals surface area contributed by atoms with Crippen LogP contribution in [-0.2, 0) is 21.6 Å². The Labute approximate surface area is 209 Å². The smallest absolute Gasteiger partial charge is 0.435 e. The predicted octanol–water partition coefficient (Wildman–Crippen LogP) is 5.42. The van der Waals surface area contributed by atoms with Crippen molar-refractivity contribution in [1.29, 1.82) is 5.26 Å². The molecule has 0 aliphatic carbocycles. The Morgan fingerprint density at radius 1 is 1.25 bits per heavy atom. The Kier molecular flexibility index (Phi) is 7.36. The molecule has 0 N–H and O–H groups in total. The molecule has 0 aliphatic rings. The second kappa shape index (κ2) is 10.6. The highest BCUT2D eigenvalue weighted by atomic mass is 32.1. The van der Waals surface area contributed by atoms with E-state index in [1.807, 2.05) is 5.38 Å². The molecule has 0 spiro atoms. The molecule has 36 heavy (non-hydrogen) atoms. The summed E-state index contributed by atoms with van der Waals surface area (Å²) in [5.74, 6) is -2.38. The average Bonchev–Trinajstić information content (AvgIpc) is 3.56. The van der Waals surface area contributed by atoms with E-state index in [4.69, 9.17) is 19.7 Å². The summed E-state index contributed by atoms with van der Waals surface area (Å²) in [7, 11) is 0. The van der Waals surface area contributed by atoms with E-state index >= 15 is 4.39 Å². The summed E-state index contributed by atoms with van der Waals surface area (Å²) in [5.41, 5.74) is 0.165. The number of rotatable bonds is 8. The third-order valence-electron chi connectivity index (χ3n) is 5.68. The van der Waals surface area contributed by atoms with Gasteiger partial charge in [-0.05, 0) is 31.2 Å². The molecule has 0 fully saturated rings. The number of halogens is 2. The van der Waals surface area contributed by atoms with Crippen molar-refractivity contribution in [2.24, 2.45) is 0 Å². The van der Waals surface area contributed by atoms with Crippen LogP contribution >= 0.6 is 11.3 Å². The van der Waals surface area contributed by atoms with Gasteiger partial charge in [0.15, 0.2) is 5.60 Å². The van der Waals surface area contributed by atoms with Crippen molar-refractivity contribution in [3.63, 3.8) is 0 Å². The number of thiazole rings is 1. The Bertz CT molecular complexity index is 1390. The van der Waals surface area contributed by atoms with Gasteiger partial charge in [0.1, 0.15) is 29.3 Å². The number of carbonyl (C=O) groups excluding carboxylic acids is 1. The van der Waals surface area contributed by atoms with Crippen LogP contribution in [0, 0.1) is 23.0 Å². The van der Waals surface area contributed by atoms with E-state index in [0.717, 1.165) is 17.7 Å². The maximum atomic E-state index is 15.3. The first-order valence-electron chi connectivity index (χ1n) is 11.0. The van der Waals surface area contributed by atoms with E-state index in [1.165, 1.54) is 34.7 Å². The zero-order chi connectivity index (χ0) is 25.7. The summed E-state index contributed by atoms with van der Waals surface area (Å²) in [5, 5.41) is 15.5. The molecular weight excluding hydrogens is 488 g/mol. The van der Waals surface area contributed by atoms with Gasteiger partial charge < -0.3 is 9.47 Å². The Hall–Kier alpha value is -4.17. The third-order valence-corrected chi connectivity index (χ3v) is 6.71. The molecule has 0 bridgehead atoms. The van der Waals surface area contributed by atoms with Gasteiger partial charge in [-0.25, -0.2) is 28.2 Å². The molecule has 4 rings (SSSR count). The topological polar surface area (TPSA) is 103 Å². The number of hydrogen-bond donors (Lipinski definition) is 0. The number of ether oxygens (including phenoxy) is 2. The molecule has 0 saturated heterocycles. The SMILES string of the molecule is CCOC(=O)OC(Cn1cncn1)(c1ccc(F)cc1F)[C@@H](C)c1nc(-c2ccc(C#N)cc2)cs1. The van der Waals surface area contributed by atoms with Crippen LogP contribution in [0.1, 0.15) is 35.9 Å². The molecule has 0 radical (unpaired) electrons. The van der Waals surface area contributed by atoms with E-state index in [0.29, 0.717) is 16.3 Å². The largest absolute Gasteiger partial charge is 0.509 e. The number of aromatic nitrogens is 4. The molecule has 0 aliphatic heterocycles. The zero-order valence-corrected chi connectivity index (χ0v) is 20.2. The lowest BCUT2D eigenvalue weighted by Gasteiger charge is -2.37. The predicted molar refractivity (Wildman–Crippen MR) is 127 cm³/mol. The van der Waals surface area contributed by atoms with Crippen molar-refractivity contribution in [3.8, 4) is 17.3 Å². The van der Waals surface area contributed by atoms with Crippen molar-refractivity contribution < 1.29 is 23.0 Å². The summed E-state index contributed by atoms with van der Waals surface area (Å²) < 4.78 is 41.4. The third kappa shape index (κ3) is 5.08. The van der Waals surface area contributed by atoms with Crippen molar-refractivity contribution in [2.45, 2.75) is 31.9 Å². The van der Waals surface area contributed by atoms with E-state index in [1.54, 1.807) is 38.1 Å². The molecule has 2 heterocycles. The Morgan fingerprint density at radius 2 is 2.03 bits per heavy atom. The van der Waals surface area contributed by atoms with Crippen LogP contribution in [0.5, 0.6) is 0 Å². The first-order chi connectivity index (χ1) is 17.4. The summed E-state index contributed by atoms with van der Waals surface area (Å²) in [6.45, 7) is 3.26. The standard InChI is InChI=1S/C25H21F2N5O3S/c1-3-34-24(33)35-25(13-32-15-29-14-30-32,20-9-8-19(26)10-21(20)27)16(2)23-31-22(12-36-23)18-6-4-17(11-28)5-7-18/h4-10,12,14-16H,3,13H2,1-2H3/t16-,25?/m0/s1. The summed E-state index contributed by atoms with van der Waals surface area (Å²) in [4.78, 5) is 21.3. The molecular formula is C25H21F2N5O3S. The van der Waals surface area contributed by atoms with Gasteiger partial charge in [-0.15, -0.1) is 11.3 Å². The van der Waals surface area contributed by atoms with Gasteiger partial charge in [-0.2, -0.15) is 10.4 Å². The van der Waals surface area contributed by atoms with Crippen LogP contribution in [0.2, 0.25) is 0 Å². The molecule has 0 amide bonds. The maximum Gasteiger partial charge on any atom is 0.509 e. The zero-order valence-electron chi connectivity index (χ0n) is 19.4. The summed E-state index contributed by atoms with van der Waals surface area (Å²) in [6.07, 6.45) is 1.69. The average molecular weight is 510 g/mol. The first-order valence-corrected chi connectivity index (χ1v) is 11.8. The fraction of sp³-hybridized carbons (Fsp3) is 0.240. The number of hydrogen-bond acceptors (Lipinski definition) is 8. The molecule has 11 heteroatoms. The summed E-state index contributed by atoms with van der Waals surface area (Å²) >= 11 is 1.30. The van der Waals surface area contributed by atoms with Gasteiger partial charge in [0, 0.05) is 22.6 Å². The monoisotopic (exact) mass is 509 g/mol. The van der Waals surface area contributed by atoms with Gasteiger partial charge in [-0.1, -0.05) is 19.1 Å². The lowest BCUT2D eigenvalue weighted by atomic mass is 9.81. The molecule has 2 aromatic carbocycles. The normalized spacial score (nSPS) is 13.4. The second-order valence-corrected chi connectivity index (χ2v) is 8.76. The minimum atomic E-state index is -1.71. The quantitative estimate of drug-likeness (QED) is 0.292. The van der Waals surface area contributed by atoms with Crippen LogP contribution in [0.25, 0.3) is 11.3 Å². The van der Waals surface area contributed by atoms with E-state index in [9.17, 15) is 9.18 Å². The molecule has 0 saturated carbocycles. The number of carbonyl (C=O) groups is 1. The minimum Gasteiger partial charge on any atom is -0.435 e. The van der Waals surface area contributed by atoms with Crippen LogP contribution in [0.15, 0.2) is 60.5 Å². The Balaban J connectivity index is 1.83. The molecule has 8 nitrogen and oxygen atoms in total. The van der Waals surface area contributed by atoms with Crippen molar-refractivity contribution in [2.75, 3.05) is 6.61 Å². The first kappa shape index (κ1) is 24.9. The highest BCUT2D eigenvalue weighted by Gasteiger charge is 2.47. The highest BCUT2D eigenvalue weighted by Crippen LogP contribution is 2.44. The van der Waals surface area contributed by atoms with Crippen LogP contribution in [0.3, 0.4) is 0 Å². The van der Waals surface area contributed by atoms with Crippen molar-refractivity contribution >= 4 is 17.5 Å². The van der Waals surface area contributed by atoms with Crippen LogP contribution in [-0.4, -0.2) is 32.5 Å². The van der Waals surface area contributed by atoms with Crippen molar-refractivity contribution in [3.05, 3.63) is 88.3 Å². The fourth-order valence-corrected chi connectivity index (χ4v) is 4.82. The summed E-state index contributed by atoms with van der Waals surface area (Å²) in [6, 6.07) is 12.1. The number of nitrogens with zero attached hydrogens (tertiary/aromatic N) is 5. The van der Waals surface area contributed by atoms with Gasteiger partial charge >= 0.3 is 6.16 Å². The lowest BCUT2D eigenvalue weighted by Crippen LogP contribution is -2.43. The molecule has 4 aromatic rings. The van der Waals surface area contributed by atoms with E-state index < -0.39 is 29.3 Å². The van der Waals surface area contributed by atoms with Gasteiger partial charge in [0.2, 0.25) is 0 Å². The minimum absolute atomic E-state index is 0.0403. The van der Waals surface area contributed by atoms with E-state index in [-0.39, 0.29) is 18.7 Å². The Morgan fingerprint density at radius 3 is 2.67 bits per heavy atom. The van der Waals surface area contributed by atoms with Crippen LogP contribution < -0.4 is 0 Å². The molecule has 2 aromatic heterocycles. The van der Waals surface area contributed by atoms with Gasteiger partial charge in [-0.3, -0.25) is 0 Å². The number of nitriles is 1. The molecule has 1 unspecified atom stereocenters. The van der Waals surface area contributed by atoms with Crippen molar-refractivity contribution in [1.82, 2.24) is 19.7 Å². The lowest BCUT2D eigenvalue weighted by molar-refractivity contribution is -0.0650.